The molecule has 0 N–H and O–H groups in total. The van der Waals surface area contributed by atoms with Crippen LogP contribution in [0.4, 0.5) is 0 Å². The van der Waals surface area contributed by atoms with E-state index in [1.807, 2.05) is 48.6 Å². The topological polar surface area (TPSA) is 54.0 Å². The molecule has 0 saturated heterocycles. The zero-order valence-corrected chi connectivity index (χ0v) is 17.3. The third-order valence-corrected chi connectivity index (χ3v) is 5.01. The predicted octanol–water partition coefficient (Wildman–Crippen LogP) is 4.94. The summed E-state index contributed by atoms with van der Waals surface area (Å²) in [7, 11) is 6.43. The molecule has 0 aromatic heterocycles. The quantitative estimate of drug-likeness (QED) is 0.650. The van der Waals surface area contributed by atoms with Crippen molar-refractivity contribution in [2.45, 2.75) is 19.3 Å². The lowest BCUT2D eigenvalue weighted by molar-refractivity contribution is -0.112. The molecule has 5 heteroatoms. The maximum atomic E-state index is 13.1. The molecule has 1 fully saturated rings. The highest BCUT2D eigenvalue weighted by Crippen LogP contribution is 2.35. The summed E-state index contributed by atoms with van der Waals surface area (Å²) < 4.78 is 21.6. The van der Waals surface area contributed by atoms with Crippen molar-refractivity contribution in [2.24, 2.45) is 0 Å². The van der Waals surface area contributed by atoms with Gasteiger partial charge in [0.1, 0.15) is 11.5 Å². The van der Waals surface area contributed by atoms with Gasteiger partial charge in [-0.25, -0.2) is 0 Å². The maximum absolute atomic E-state index is 13.1. The van der Waals surface area contributed by atoms with Crippen LogP contribution in [0, 0.1) is 0 Å². The van der Waals surface area contributed by atoms with Crippen LogP contribution in [-0.2, 0) is 4.79 Å². The highest BCUT2D eigenvalue weighted by molar-refractivity contribution is 6.14. The van der Waals surface area contributed by atoms with E-state index in [2.05, 4.69) is 0 Å². The van der Waals surface area contributed by atoms with E-state index in [0.717, 1.165) is 41.5 Å². The van der Waals surface area contributed by atoms with Crippen LogP contribution >= 0.6 is 0 Å². The van der Waals surface area contributed by atoms with Crippen LogP contribution in [0.3, 0.4) is 0 Å². The van der Waals surface area contributed by atoms with Crippen molar-refractivity contribution in [1.29, 1.82) is 0 Å². The molecule has 2 aromatic carbocycles. The Hall–Kier alpha value is -3.21. The molecule has 1 aliphatic rings. The summed E-state index contributed by atoms with van der Waals surface area (Å²) in [6.07, 6.45) is 6.20. The van der Waals surface area contributed by atoms with Gasteiger partial charge in [-0.3, -0.25) is 4.79 Å². The molecule has 0 heterocycles. The zero-order valence-electron chi connectivity index (χ0n) is 17.3. The molecule has 3 rings (SSSR count). The number of hydrogen-bond acceptors (Lipinski definition) is 5. The van der Waals surface area contributed by atoms with Crippen LogP contribution < -0.4 is 18.9 Å². The van der Waals surface area contributed by atoms with Crippen LogP contribution in [0.1, 0.15) is 30.4 Å². The Balaban J connectivity index is 1.96. The minimum absolute atomic E-state index is 0.0546. The number of hydrogen-bond donors (Lipinski definition) is 0. The third kappa shape index (κ3) is 4.45. The van der Waals surface area contributed by atoms with Crippen LogP contribution in [0.15, 0.2) is 47.5 Å². The number of ketones is 1. The molecule has 1 aliphatic carbocycles. The van der Waals surface area contributed by atoms with Crippen molar-refractivity contribution in [1.82, 2.24) is 0 Å². The Morgan fingerprint density at radius 1 is 0.759 bits per heavy atom. The molecule has 0 atom stereocenters. The summed E-state index contributed by atoms with van der Waals surface area (Å²) in [4.78, 5) is 13.1. The van der Waals surface area contributed by atoms with Gasteiger partial charge < -0.3 is 18.9 Å². The van der Waals surface area contributed by atoms with E-state index in [4.69, 9.17) is 18.9 Å². The predicted molar refractivity (Wildman–Crippen MR) is 114 cm³/mol. The van der Waals surface area contributed by atoms with Gasteiger partial charge in [0.25, 0.3) is 0 Å². The number of allylic oxidation sites excluding steroid dienone is 2. The summed E-state index contributed by atoms with van der Waals surface area (Å²) in [6, 6.07) is 11.2. The molecule has 0 unspecified atom stereocenters. The van der Waals surface area contributed by atoms with Crippen LogP contribution in [0.25, 0.3) is 12.2 Å². The van der Waals surface area contributed by atoms with Gasteiger partial charge in [-0.1, -0.05) is 12.1 Å². The molecule has 2 aromatic rings. The highest BCUT2D eigenvalue weighted by Gasteiger charge is 2.22. The molecule has 0 radical (unpaired) electrons. The number of rotatable bonds is 6. The number of para-hydroxylation sites is 1. The largest absolute Gasteiger partial charge is 0.497 e. The molecule has 0 amide bonds. The lowest BCUT2D eigenvalue weighted by atomic mass is 9.86. The first kappa shape index (κ1) is 20.5. The van der Waals surface area contributed by atoms with Crippen LogP contribution in [0.2, 0.25) is 0 Å². The lowest BCUT2D eigenvalue weighted by Crippen LogP contribution is -2.12. The Morgan fingerprint density at radius 2 is 1.45 bits per heavy atom. The van der Waals surface area contributed by atoms with Crippen molar-refractivity contribution >= 4 is 17.9 Å². The monoisotopic (exact) mass is 394 g/mol. The smallest absolute Gasteiger partial charge is 0.185 e. The Labute approximate surface area is 171 Å². The van der Waals surface area contributed by atoms with Gasteiger partial charge in [-0.05, 0) is 49.6 Å². The molecule has 152 valence electrons. The van der Waals surface area contributed by atoms with Gasteiger partial charge in [-0.2, -0.15) is 0 Å². The maximum Gasteiger partial charge on any atom is 0.185 e. The minimum atomic E-state index is 0.0546. The number of methoxy groups -OCH3 is 4. The fourth-order valence-corrected chi connectivity index (χ4v) is 3.52. The molecule has 0 aliphatic heterocycles. The second kappa shape index (κ2) is 9.32. The molecule has 0 bridgehead atoms. The first-order valence-electron chi connectivity index (χ1n) is 9.50. The first-order chi connectivity index (χ1) is 14.1. The van der Waals surface area contributed by atoms with E-state index in [9.17, 15) is 4.79 Å². The van der Waals surface area contributed by atoms with Crippen molar-refractivity contribution in [3.05, 3.63) is 58.7 Å². The molecule has 29 heavy (non-hydrogen) atoms. The number of benzene rings is 2. The van der Waals surface area contributed by atoms with Gasteiger partial charge >= 0.3 is 0 Å². The number of Topliss-reactive ketones (excluding diaryl/α,β-unsaturated/α-hetero) is 1. The van der Waals surface area contributed by atoms with E-state index in [1.54, 1.807) is 28.4 Å². The van der Waals surface area contributed by atoms with Gasteiger partial charge in [-0.15, -0.1) is 0 Å². The summed E-state index contributed by atoms with van der Waals surface area (Å²) >= 11 is 0. The molecule has 0 spiro atoms. The van der Waals surface area contributed by atoms with E-state index in [-0.39, 0.29) is 5.78 Å². The standard InChI is InChI=1S/C24H26O5/c1-26-20-12-11-16(22(15-20)28-3)13-17-7-5-8-18(23(17)25)14-19-9-6-10-21(27-2)24(19)29-4/h6,9-15H,5,7-8H2,1-4H3/b17-13+,18-14+. The normalized spacial score (nSPS) is 16.8. The average molecular weight is 394 g/mol. The van der Waals surface area contributed by atoms with Gasteiger partial charge in [0, 0.05) is 28.3 Å². The average Bonchev–Trinajstić information content (AvgIpc) is 2.76. The van der Waals surface area contributed by atoms with Crippen molar-refractivity contribution in [2.75, 3.05) is 28.4 Å². The summed E-state index contributed by atoms with van der Waals surface area (Å²) in [5.74, 6) is 2.71. The van der Waals surface area contributed by atoms with Crippen molar-refractivity contribution in [3.63, 3.8) is 0 Å². The van der Waals surface area contributed by atoms with Gasteiger partial charge in [0.05, 0.1) is 28.4 Å². The highest BCUT2D eigenvalue weighted by atomic mass is 16.5. The molecular weight excluding hydrogens is 368 g/mol. The van der Waals surface area contributed by atoms with E-state index < -0.39 is 0 Å². The van der Waals surface area contributed by atoms with E-state index >= 15 is 0 Å². The fraction of sp³-hybridized carbons (Fsp3) is 0.292. The lowest BCUT2D eigenvalue weighted by Gasteiger charge is -2.18. The summed E-state index contributed by atoms with van der Waals surface area (Å²) in [6.45, 7) is 0. The van der Waals surface area contributed by atoms with Crippen molar-refractivity contribution < 1.29 is 23.7 Å². The number of carbonyl (C=O) groups excluding carboxylic acids is 1. The first-order valence-corrected chi connectivity index (χ1v) is 9.50. The number of carbonyl (C=O) groups is 1. The molecule has 5 nitrogen and oxygen atoms in total. The second-order valence-electron chi connectivity index (χ2n) is 6.71. The second-order valence-corrected chi connectivity index (χ2v) is 6.71. The fourth-order valence-electron chi connectivity index (χ4n) is 3.52. The minimum Gasteiger partial charge on any atom is -0.497 e. The third-order valence-electron chi connectivity index (χ3n) is 5.01. The van der Waals surface area contributed by atoms with E-state index in [0.29, 0.717) is 23.0 Å². The molecular formula is C24H26O5. The van der Waals surface area contributed by atoms with Gasteiger partial charge in [0.2, 0.25) is 0 Å². The Bertz CT molecular complexity index is 956. The van der Waals surface area contributed by atoms with Crippen molar-refractivity contribution in [3.8, 4) is 23.0 Å². The molecule has 1 saturated carbocycles. The number of ether oxygens (including phenoxy) is 4. The van der Waals surface area contributed by atoms with E-state index in [1.165, 1.54) is 0 Å². The summed E-state index contributed by atoms with van der Waals surface area (Å²) in [5.41, 5.74) is 3.23. The van der Waals surface area contributed by atoms with Crippen LogP contribution in [-0.4, -0.2) is 34.2 Å². The Morgan fingerprint density at radius 3 is 2.07 bits per heavy atom. The SMILES string of the molecule is COc1ccc(/C=C2\CCC/C(=C\c3cccc(OC)c3OC)C2=O)c(OC)c1. The van der Waals surface area contributed by atoms with Gasteiger partial charge in [0.15, 0.2) is 17.3 Å². The van der Waals surface area contributed by atoms with Crippen LogP contribution in [0.5, 0.6) is 23.0 Å². The summed E-state index contributed by atoms with van der Waals surface area (Å²) in [5, 5.41) is 0. The zero-order chi connectivity index (χ0) is 20.8. The Kier molecular flexibility index (Phi) is 6.60.